The lowest BCUT2D eigenvalue weighted by Crippen LogP contribution is -2.33. The summed E-state index contributed by atoms with van der Waals surface area (Å²) in [5.41, 5.74) is 0.637. The highest BCUT2D eigenvalue weighted by atomic mass is 35.5. The molecule has 4 aromatic rings. The van der Waals surface area contributed by atoms with Gasteiger partial charge in [-0.25, -0.2) is 18.4 Å². The van der Waals surface area contributed by atoms with Gasteiger partial charge in [-0.2, -0.15) is 0 Å². The van der Waals surface area contributed by atoms with Crippen LogP contribution in [0.5, 0.6) is 0 Å². The molecule has 0 spiro atoms. The van der Waals surface area contributed by atoms with Crippen LogP contribution in [-0.2, 0) is 21.2 Å². The van der Waals surface area contributed by atoms with Crippen molar-refractivity contribution < 1.29 is 13.2 Å². The van der Waals surface area contributed by atoms with Crippen molar-refractivity contribution in [1.82, 2.24) is 14.5 Å². The number of sulfone groups is 1. The Balaban J connectivity index is 1.53. The molecule has 0 N–H and O–H groups in total. The number of rotatable bonds is 9. The summed E-state index contributed by atoms with van der Waals surface area (Å²) >= 11 is 7.63. The predicted octanol–water partition coefficient (Wildman–Crippen LogP) is 4.43. The zero-order valence-corrected chi connectivity index (χ0v) is 19.5. The number of aryl methyl sites for hydroxylation is 1. The standard InChI is InChI=1S/C22H21ClN4O3S2/c23-18-8-4-9-19-21(18)25-22(31-19)27(13-5-12-26-14-11-24-16-26)20(28)10-15-32(29,30)17-6-2-1-3-7-17/h1-4,6-9,11,14,16H,5,10,12-13,15H2. The van der Waals surface area contributed by atoms with E-state index in [2.05, 4.69) is 9.97 Å². The summed E-state index contributed by atoms with van der Waals surface area (Å²) in [6.07, 6.45) is 5.81. The van der Waals surface area contributed by atoms with E-state index in [9.17, 15) is 13.2 Å². The monoisotopic (exact) mass is 488 g/mol. The molecule has 32 heavy (non-hydrogen) atoms. The Kier molecular flexibility index (Phi) is 6.88. The Labute approximate surface area is 195 Å². The fourth-order valence-electron chi connectivity index (χ4n) is 3.28. The lowest BCUT2D eigenvalue weighted by atomic mass is 10.3. The summed E-state index contributed by atoms with van der Waals surface area (Å²) in [5.74, 6) is -0.551. The van der Waals surface area contributed by atoms with Gasteiger partial charge in [-0.1, -0.05) is 47.2 Å². The number of benzene rings is 2. The second-order valence-corrected chi connectivity index (χ2v) is 10.7. The van der Waals surface area contributed by atoms with Gasteiger partial charge < -0.3 is 4.57 Å². The van der Waals surface area contributed by atoms with Crippen LogP contribution >= 0.6 is 22.9 Å². The first kappa shape index (κ1) is 22.4. The molecule has 2 heterocycles. The van der Waals surface area contributed by atoms with Gasteiger partial charge in [-0.15, -0.1) is 0 Å². The first-order valence-electron chi connectivity index (χ1n) is 10.0. The van der Waals surface area contributed by atoms with E-state index < -0.39 is 9.84 Å². The largest absolute Gasteiger partial charge is 0.337 e. The summed E-state index contributed by atoms with van der Waals surface area (Å²) in [5, 5.41) is 1.03. The van der Waals surface area contributed by atoms with Crippen molar-refractivity contribution in [2.24, 2.45) is 0 Å². The third-order valence-corrected chi connectivity index (χ3v) is 8.02. The number of fused-ring (bicyclic) bond motifs is 1. The van der Waals surface area contributed by atoms with Crippen LogP contribution in [0.3, 0.4) is 0 Å². The molecule has 4 rings (SSSR count). The molecule has 0 unspecified atom stereocenters. The van der Waals surface area contributed by atoms with Crippen molar-refractivity contribution in [3.63, 3.8) is 0 Å². The highest BCUT2D eigenvalue weighted by Gasteiger charge is 2.23. The summed E-state index contributed by atoms with van der Waals surface area (Å²) < 4.78 is 28.1. The topological polar surface area (TPSA) is 85.2 Å². The van der Waals surface area contributed by atoms with E-state index in [-0.39, 0.29) is 23.0 Å². The molecular weight excluding hydrogens is 468 g/mol. The van der Waals surface area contributed by atoms with Crippen LogP contribution in [0.15, 0.2) is 72.1 Å². The van der Waals surface area contributed by atoms with E-state index >= 15 is 0 Å². The summed E-state index contributed by atoms with van der Waals surface area (Å²) in [4.78, 5) is 23.5. The van der Waals surface area contributed by atoms with E-state index in [0.717, 1.165) is 4.70 Å². The molecular formula is C22H21ClN4O3S2. The van der Waals surface area contributed by atoms with Crippen molar-refractivity contribution in [2.45, 2.75) is 24.3 Å². The smallest absolute Gasteiger partial charge is 0.229 e. The Hall–Kier alpha value is -2.75. The summed E-state index contributed by atoms with van der Waals surface area (Å²) in [6.45, 7) is 1.08. The second kappa shape index (κ2) is 9.81. The van der Waals surface area contributed by atoms with Gasteiger partial charge in [0.25, 0.3) is 0 Å². The summed E-state index contributed by atoms with van der Waals surface area (Å²) in [6, 6.07) is 13.7. The summed E-state index contributed by atoms with van der Waals surface area (Å²) in [7, 11) is -3.56. The van der Waals surface area contributed by atoms with Crippen LogP contribution < -0.4 is 4.90 Å². The van der Waals surface area contributed by atoms with E-state index in [0.29, 0.717) is 35.2 Å². The molecule has 0 radical (unpaired) electrons. The molecule has 0 atom stereocenters. The van der Waals surface area contributed by atoms with Crippen molar-refractivity contribution in [2.75, 3.05) is 17.2 Å². The Morgan fingerprint density at radius 1 is 1.12 bits per heavy atom. The maximum atomic E-state index is 13.2. The van der Waals surface area contributed by atoms with E-state index in [1.54, 1.807) is 41.7 Å². The molecule has 0 aliphatic rings. The van der Waals surface area contributed by atoms with Gasteiger partial charge in [-0.05, 0) is 30.7 Å². The minimum atomic E-state index is -3.56. The van der Waals surface area contributed by atoms with Gasteiger partial charge in [0.2, 0.25) is 5.91 Å². The number of amides is 1. The average Bonchev–Trinajstić information content (AvgIpc) is 3.46. The third-order valence-electron chi connectivity index (χ3n) is 4.93. The second-order valence-electron chi connectivity index (χ2n) is 7.16. The van der Waals surface area contributed by atoms with Gasteiger partial charge in [0, 0.05) is 31.9 Å². The first-order valence-corrected chi connectivity index (χ1v) is 12.9. The Bertz CT molecular complexity index is 1310. The van der Waals surface area contributed by atoms with E-state index in [1.165, 1.54) is 23.5 Å². The molecule has 0 aliphatic carbocycles. The zero-order valence-electron chi connectivity index (χ0n) is 17.1. The van der Waals surface area contributed by atoms with Crippen LogP contribution in [0.4, 0.5) is 5.13 Å². The van der Waals surface area contributed by atoms with Crippen molar-refractivity contribution in [3.8, 4) is 0 Å². The maximum absolute atomic E-state index is 13.2. The molecule has 0 fully saturated rings. The highest BCUT2D eigenvalue weighted by molar-refractivity contribution is 7.91. The third kappa shape index (κ3) is 5.17. The quantitative estimate of drug-likeness (QED) is 0.348. The minimum Gasteiger partial charge on any atom is -0.337 e. The molecule has 2 aromatic carbocycles. The normalized spacial score (nSPS) is 11.7. The van der Waals surface area contributed by atoms with Gasteiger partial charge in [0.15, 0.2) is 15.0 Å². The number of aromatic nitrogens is 3. The van der Waals surface area contributed by atoms with Crippen LogP contribution in [-0.4, -0.2) is 41.2 Å². The van der Waals surface area contributed by atoms with Gasteiger partial charge in [-0.3, -0.25) is 9.69 Å². The Morgan fingerprint density at radius 3 is 2.66 bits per heavy atom. The SMILES string of the molecule is O=C(CCS(=O)(=O)c1ccccc1)N(CCCn1ccnc1)c1nc2c(Cl)cccc2s1. The molecule has 0 saturated heterocycles. The molecule has 166 valence electrons. The average molecular weight is 489 g/mol. The highest BCUT2D eigenvalue weighted by Crippen LogP contribution is 2.33. The van der Waals surface area contributed by atoms with Gasteiger partial charge in [0.05, 0.1) is 26.7 Å². The Morgan fingerprint density at radius 2 is 1.94 bits per heavy atom. The number of para-hydroxylation sites is 1. The molecule has 1 amide bonds. The van der Waals surface area contributed by atoms with E-state index in [4.69, 9.17) is 11.6 Å². The number of nitrogens with zero attached hydrogens (tertiary/aromatic N) is 4. The number of carbonyl (C=O) groups is 1. The number of carbonyl (C=O) groups excluding carboxylic acids is 1. The lowest BCUT2D eigenvalue weighted by molar-refractivity contribution is -0.118. The number of hydrogen-bond acceptors (Lipinski definition) is 6. The molecule has 2 aromatic heterocycles. The number of imidazole rings is 1. The van der Waals surface area contributed by atoms with Crippen LogP contribution in [0.2, 0.25) is 5.02 Å². The van der Waals surface area contributed by atoms with Crippen LogP contribution in [0.1, 0.15) is 12.8 Å². The van der Waals surface area contributed by atoms with Gasteiger partial charge >= 0.3 is 0 Å². The number of halogens is 1. The van der Waals surface area contributed by atoms with Crippen LogP contribution in [0, 0.1) is 0 Å². The lowest BCUT2D eigenvalue weighted by Gasteiger charge is -2.20. The molecule has 0 bridgehead atoms. The fourth-order valence-corrected chi connectivity index (χ4v) is 5.84. The predicted molar refractivity (Wildman–Crippen MR) is 127 cm³/mol. The van der Waals surface area contributed by atoms with E-state index in [1.807, 2.05) is 22.9 Å². The molecule has 10 heteroatoms. The van der Waals surface area contributed by atoms with Crippen molar-refractivity contribution in [1.29, 1.82) is 0 Å². The molecule has 0 saturated carbocycles. The van der Waals surface area contributed by atoms with Crippen LogP contribution in [0.25, 0.3) is 10.2 Å². The first-order chi connectivity index (χ1) is 15.4. The number of anilines is 1. The molecule has 0 aliphatic heterocycles. The fraction of sp³-hybridized carbons (Fsp3) is 0.227. The number of thiazole rings is 1. The maximum Gasteiger partial charge on any atom is 0.229 e. The minimum absolute atomic E-state index is 0.133. The van der Waals surface area contributed by atoms with Crippen molar-refractivity contribution >= 4 is 54.0 Å². The van der Waals surface area contributed by atoms with Crippen molar-refractivity contribution in [3.05, 3.63) is 72.3 Å². The number of hydrogen-bond donors (Lipinski definition) is 0. The molecule has 7 nitrogen and oxygen atoms in total. The zero-order chi connectivity index (χ0) is 22.6. The van der Waals surface area contributed by atoms with Gasteiger partial charge in [0.1, 0.15) is 5.52 Å².